The van der Waals surface area contributed by atoms with E-state index in [-0.39, 0.29) is 5.91 Å². The third kappa shape index (κ3) is 4.15. The first-order valence-electron chi connectivity index (χ1n) is 8.24. The summed E-state index contributed by atoms with van der Waals surface area (Å²) in [7, 11) is 2.00. The molecule has 1 aromatic carbocycles. The number of piperidine rings is 1. The van der Waals surface area contributed by atoms with E-state index in [1.807, 2.05) is 37.4 Å². The highest BCUT2D eigenvalue weighted by atomic mass is 16.2. The molecule has 0 unspecified atom stereocenters. The van der Waals surface area contributed by atoms with Crippen molar-refractivity contribution >= 4 is 5.91 Å². The molecule has 8 heteroatoms. The van der Waals surface area contributed by atoms with Gasteiger partial charge in [0.1, 0.15) is 0 Å². The van der Waals surface area contributed by atoms with E-state index in [0.717, 1.165) is 31.6 Å². The normalized spacial score (nSPS) is 15.6. The smallest absolute Gasteiger partial charge is 0.234 e. The van der Waals surface area contributed by atoms with Crippen molar-refractivity contribution in [3.63, 3.8) is 0 Å². The Kier molecular flexibility index (Phi) is 5.50. The topological polar surface area (TPSA) is 88.0 Å². The van der Waals surface area contributed by atoms with Gasteiger partial charge >= 0.3 is 0 Å². The molecule has 1 saturated heterocycles. The Labute approximate surface area is 141 Å². The van der Waals surface area contributed by atoms with Crippen LogP contribution in [0.3, 0.4) is 0 Å². The first-order chi connectivity index (χ1) is 11.7. The lowest BCUT2D eigenvalue weighted by Crippen LogP contribution is -2.45. The van der Waals surface area contributed by atoms with Crippen LogP contribution in [0.2, 0.25) is 0 Å². The number of carbonyl (C=O) groups excluding carboxylic acids is 1. The van der Waals surface area contributed by atoms with Crippen molar-refractivity contribution in [3.05, 3.63) is 36.2 Å². The highest BCUT2D eigenvalue weighted by molar-refractivity contribution is 5.77. The van der Waals surface area contributed by atoms with Crippen molar-refractivity contribution in [2.45, 2.75) is 25.4 Å². The zero-order valence-electron chi connectivity index (χ0n) is 13.9. The van der Waals surface area contributed by atoms with Crippen LogP contribution in [0, 0.1) is 0 Å². The van der Waals surface area contributed by atoms with Gasteiger partial charge in [-0.2, -0.15) is 4.68 Å². The summed E-state index contributed by atoms with van der Waals surface area (Å²) in [6, 6.07) is 10.1. The third-order valence-corrected chi connectivity index (χ3v) is 4.30. The Bertz CT molecular complexity index is 651. The molecule has 2 N–H and O–H groups in total. The maximum atomic E-state index is 12.2. The Morgan fingerprint density at radius 2 is 2.08 bits per heavy atom. The standard InChI is InChI=1S/C16H23N7O/c1-22(13-7-9-17-10-8-13)12-16(24)18-11-15-19-20-21-23(15)14-5-3-2-4-6-14/h2-6,13,17H,7-12H2,1H3,(H,18,24). The van der Waals surface area contributed by atoms with Gasteiger partial charge in [0.25, 0.3) is 0 Å². The van der Waals surface area contributed by atoms with Gasteiger partial charge in [0, 0.05) is 6.04 Å². The van der Waals surface area contributed by atoms with Gasteiger partial charge < -0.3 is 10.6 Å². The SMILES string of the molecule is CN(CC(=O)NCc1nnnn1-c1ccccc1)C1CCNCC1. The molecule has 1 aliphatic heterocycles. The number of amides is 1. The largest absolute Gasteiger partial charge is 0.348 e. The molecule has 24 heavy (non-hydrogen) atoms. The second-order valence-electron chi connectivity index (χ2n) is 6.02. The van der Waals surface area contributed by atoms with Crippen molar-refractivity contribution < 1.29 is 4.79 Å². The summed E-state index contributed by atoms with van der Waals surface area (Å²) in [6.45, 7) is 2.73. The summed E-state index contributed by atoms with van der Waals surface area (Å²) >= 11 is 0. The lowest BCUT2D eigenvalue weighted by molar-refractivity contribution is -0.122. The van der Waals surface area contributed by atoms with Crippen LogP contribution in [-0.2, 0) is 11.3 Å². The molecule has 1 amide bonds. The monoisotopic (exact) mass is 329 g/mol. The van der Waals surface area contributed by atoms with E-state index >= 15 is 0 Å². The van der Waals surface area contributed by atoms with Crippen LogP contribution in [-0.4, -0.2) is 63.7 Å². The quantitative estimate of drug-likeness (QED) is 0.773. The average Bonchev–Trinajstić information content (AvgIpc) is 3.10. The summed E-state index contributed by atoms with van der Waals surface area (Å²) in [5.74, 6) is 0.595. The Morgan fingerprint density at radius 3 is 2.83 bits per heavy atom. The molecule has 1 aromatic heterocycles. The van der Waals surface area contributed by atoms with Gasteiger partial charge in [-0.3, -0.25) is 9.69 Å². The molecule has 0 atom stereocenters. The van der Waals surface area contributed by atoms with Gasteiger partial charge in [-0.25, -0.2) is 0 Å². The number of carbonyl (C=O) groups is 1. The molecule has 128 valence electrons. The van der Waals surface area contributed by atoms with Gasteiger partial charge in [0.05, 0.1) is 18.8 Å². The fraction of sp³-hybridized carbons (Fsp3) is 0.500. The van der Waals surface area contributed by atoms with Crippen LogP contribution < -0.4 is 10.6 Å². The van der Waals surface area contributed by atoms with Gasteiger partial charge in [0.2, 0.25) is 5.91 Å². The van der Waals surface area contributed by atoms with Crippen molar-refractivity contribution in [2.75, 3.05) is 26.7 Å². The number of hydrogen-bond donors (Lipinski definition) is 2. The fourth-order valence-corrected chi connectivity index (χ4v) is 2.92. The van der Waals surface area contributed by atoms with Crippen LogP contribution in [0.1, 0.15) is 18.7 Å². The predicted molar refractivity (Wildman–Crippen MR) is 89.5 cm³/mol. The summed E-state index contributed by atoms with van der Waals surface area (Å²) < 4.78 is 1.64. The number of likely N-dealkylation sites (N-methyl/N-ethyl adjacent to an activating group) is 1. The van der Waals surface area contributed by atoms with Crippen LogP contribution >= 0.6 is 0 Å². The number of aromatic nitrogens is 4. The maximum Gasteiger partial charge on any atom is 0.234 e. The molecule has 1 aliphatic rings. The number of nitrogens with zero attached hydrogens (tertiary/aromatic N) is 5. The number of rotatable bonds is 6. The molecule has 0 radical (unpaired) electrons. The summed E-state index contributed by atoms with van der Waals surface area (Å²) in [4.78, 5) is 14.3. The zero-order valence-corrected chi connectivity index (χ0v) is 13.9. The summed E-state index contributed by atoms with van der Waals surface area (Å²) in [5, 5.41) is 17.9. The lowest BCUT2D eigenvalue weighted by atomic mass is 10.1. The lowest BCUT2D eigenvalue weighted by Gasteiger charge is -2.31. The van der Waals surface area contributed by atoms with Gasteiger partial charge in [-0.15, -0.1) is 5.10 Å². The Morgan fingerprint density at radius 1 is 1.33 bits per heavy atom. The molecular weight excluding hydrogens is 306 g/mol. The second-order valence-corrected chi connectivity index (χ2v) is 6.02. The van der Waals surface area contributed by atoms with Crippen LogP contribution in [0.5, 0.6) is 0 Å². The van der Waals surface area contributed by atoms with Crippen LogP contribution in [0.25, 0.3) is 5.69 Å². The van der Waals surface area contributed by atoms with Gasteiger partial charge in [-0.1, -0.05) is 18.2 Å². The third-order valence-electron chi connectivity index (χ3n) is 4.30. The molecule has 2 aromatic rings. The summed E-state index contributed by atoms with van der Waals surface area (Å²) in [6.07, 6.45) is 2.16. The highest BCUT2D eigenvalue weighted by Gasteiger charge is 2.19. The molecule has 0 saturated carbocycles. The van der Waals surface area contributed by atoms with Gasteiger partial charge in [0.15, 0.2) is 5.82 Å². The van der Waals surface area contributed by atoms with Crippen molar-refractivity contribution in [1.82, 2.24) is 35.7 Å². The maximum absolute atomic E-state index is 12.2. The molecule has 0 aliphatic carbocycles. The number of tetrazole rings is 1. The first kappa shape index (κ1) is 16.5. The molecular formula is C16H23N7O. The van der Waals surface area contributed by atoms with E-state index in [9.17, 15) is 4.79 Å². The number of hydrogen-bond acceptors (Lipinski definition) is 6. The van der Waals surface area contributed by atoms with Crippen LogP contribution in [0.4, 0.5) is 0 Å². The van der Waals surface area contributed by atoms with Crippen molar-refractivity contribution in [3.8, 4) is 5.69 Å². The second kappa shape index (κ2) is 7.98. The van der Waals surface area contributed by atoms with Crippen LogP contribution in [0.15, 0.2) is 30.3 Å². The van der Waals surface area contributed by atoms with E-state index in [4.69, 9.17) is 0 Å². The van der Waals surface area contributed by atoms with E-state index in [2.05, 4.69) is 31.1 Å². The van der Waals surface area contributed by atoms with E-state index < -0.39 is 0 Å². The number of nitrogens with one attached hydrogen (secondary N) is 2. The minimum atomic E-state index is -0.0151. The van der Waals surface area contributed by atoms with Gasteiger partial charge in [-0.05, 0) is 55.5 Å². The predicted octanol–water partition coefficient (Wildman–Crippen LogP) is -0.0377. The van der Waals surface area contributed by atoms with Crippen molar-refractivity contribution in [1.29, 1.82) is 0 Å². The molecule has 0 bridgehead atoms. The molecule has 0 spiro atoms. The minimum Gasteiger partial charge on any atom is -0.348 e. The molecule has 8 nitrogen and oxygen atoms in total. The Balaban J connectivity index is 1.52. The van der Waals surface area contributed by atoms with Crippen molar-refractivity contribution in [2.24, 2.45) is 0 Å². The number of benzene rings is 1. The molecule has 3 rings (SSSR count). The van der Waals surface area contributed by atoms with E-state index in [1.165, 1.54) is 0 Å². The minimum absolute atomic E-state index is 0.0151. The fourth-order valence-electron chi connectivity index (χ4n) is 2.92. The summed E-state index contributed by atoms with van der Waals surface area (Å²) in [5.41, 5.74) is 0.874. The Hall–Kier alpha value is -2.32. The number of para-hydroxylation sites is 1. The highest BCUT2D eigenvalue weighted by Crippen LogP contribution is 2.09. The molecule has 1 fully saturated rings. The van der Waals surface area contributed by atoms with E-state index in [1.54, 1.807) is 4.68 Å². The molecule has 2 heterocycles. The first-order valence-corrected chi connectivity index (χ1v) is 8.24. The van der Waals surface area contributed by atoms with E-state index in [0.29, 0.717) is 25.0 Å². The zero-order chi connectivity index (χ0) is 16.8. The average molecular weight is 329 g/mol.